The van der Waals surface area contributed by atoms with Gasteiger partial charge in [-0.15, -0.1) is 10.2 Å². The van der Waals surface area contributed by atoms with Crippen LogP contribution in [0.5, 0.6) is 0 Å². The topological polar surface area (TPSA) is 153 Å². The molecule has 47 heavy (non-hydrogen) atoms. The number of likely N-dealkylation sites (tertiary alicyclic amines) is 1. The highest BCUT2D eigenvalue weighted by atomic mass is 35.5. The van der Waals surface area contributed by atoms with E-state index in [1.807, 2.05) is 0 Å². The molecular weight excluding hydrogens is 678 g/mol. The van der Waals surface area contributed by atoms with Crippen LogP contribution in [0, 0.1) is 0 Å². The third kappa shape index (κ3) is 6.74. The fraction of sp³-hybridized carbons (Fsp3) is 0.320. The number of carboxylic acid groups (broad SMARTS) is 1. The van der Waals surface area contributed by atoms with Crippen molar-refractivity contribution in [3.05, 3.63) is 75.8 Å². The Morgan fingerprint density at radius 2 is 1.74 bits per heavy atom. The molecule has 13 nitrogen and oxygen atoms in total. The maximum atomic E-state index is 14.2. The van der Waals surface area contributed by atoms with E-state index in [4.69, 9.17) is 16.7 Å². The van der Waals surface area contributed by atoms with Crippen LogP contribution < -0.4 is 11.0 Å². The van der Waals surface area contributed by atoms with Crippen molar-refractivity contribution in [1.82, 2.24) is 44.3 Å². The normalized spacial score (nSPS) is 16.9. The van der Waals surface area contributed by atoms with Crippen LogP contribution in [0.3, 0.4) is 0 Å². The molecule has 0 aliphatic carbocycles. The van der Waals surface area contributed by atoms with Crippen molar-refractivity contribution in [3.63, 3.8) is 0 Å². The number of aromatic nitrogens is 7. The molecule has 2 N–H and O–H groups in total. The Kier molecular flexibility index (Phi) is 8.45. The summed E-state index contributed by atoms with van der Waals surface area (Å²) in [5.41, 5.74) is -2.36. The number of nitrogens with zero attached hydrogens (tertiary/aromatic N) is 8. The lowest BCUT2D eigenvalue weighted by molar-refractivity contribution is -0.190. The van der Waals surface area contributed by atoms with E-state index in [2.05, 4.69) is 20.2 Å². The van der Waals surface area contributed by atoms with E-state index in [0.717, 1.165) is 24.7 Å². The van der Waals surface area contributed by atoms with E-state index in [1.54, 1.807) is 0 Å². The van der Waals surface area contributed by atoms with Crippen molar-refractivity contribution in [2.24, 2.45) is 0 Å². The third-order valence-corrected chi connectivity index (χ3v) is 7.08. The third-order valence-electron chi connectivity index (χ3n) is 6.83. The number of nitrogens with one attached hydrogen (secondary N) is 1. The fourth-order valence-electron chi connectivity index (χ4n) is 4.62. The number of halogens is 9. The number of hydrogen-bond donors (Lipinski definition) is 2. The summed E-state index contributed by atoms with van der Waals surface area (Å²) >= 11 is 5.89. The first-order valence-corrected chi connectivity index (χ1v) is 13.4. The summed E-state index contributed by atoms with van der Waals surface area (Å²) in [6.45, 7) is -3.49. The van der Waals surface area contributed by atoms with Crippen molar-refractivity contribution in [2.75, 3.05) is 6.54 Å². The van der Waals surface area contributed by atoms with Crippen LogP contribution in [0.15, 0.2) is 53.7 Å². The number of benzene rings is 1. The maximum Gasteiger partial charge on any atom is 0.420 e. The Labute approximate surface area is 261 Å². The molecule has 1 fully saturated rings. The van der Waals surface area contributed by atoms with Gasteiger partial charge in [-0.1, -0.05) is 11.6 Å². The van der Waals surface area contributed by atoms with Gasteiger partial charge in [0.25, 0.3) is 5.92 Å². The van der Waals surface area contributed by atoms with Gasteiger partial charge in [0, 0.05) is 16.8 Å². The molecule has 1 saturated heterocycles. The summed E-state index contributed by atoms with van der Waals surface area (Å²) in [5, 5.41) is 18.5. The van der Waals surface area contributed by atoms with Crippen molar-refractivity contribution in [2.45, 2.75) is 43.4 Å². The van der Waals surface area contributed by atoms with Gasteiger partial charge >= 0.3 is 24.1 Å². The number of alkyl halides is 8. The van der Waals surface area contributed by atoms with Gasteiger partial charge in [0.1, 0.15) is 24.5 Å². The van der Waals surface area contributed by atoms with E-state index in [0.29, 0.717) is 13.9 Å². The number of pyridine rings is 1. The minimum Gasteiger partial charge on any atom is -0.465 e. The number of carbonyl (C=O) groups excluding carboxylic acids is 1. The van der Waals surface area contributed by atoms with Crippen LogP contribution in [-0.2, 0) is 24.1 Å². The second-order valence-corrected chi connectivity index (χ2v) is 10.5. The number of hydrogen-bond acceptors (Lipinski definition) is 7. The number of amides is 2. The second-order valence-electron chi connectivity index (χ2n) is 10.0. The van der Waals surface area contributed by atoms with Crippen LogP contribution >= 0.6 is 11.6 Å². The standard InChI is InChI=1S/C25H18ClF8N9O4/c26-13-5-3-12(4-6-13)18-39-42(9-16-36-11-43(38-16)19-14(24(29,30)31)2-1-7-35-19)21(45)40(18)8-15(25(32,33)34)37-20(44)17-23(27,28)10-41(17)22(46)47/h1-7,11,15,17H,8-10H2,(H,37,44)(H,46,47)/t15?,17-/m1/s1. The molecular formula is C25H18ClF8N9O4. The molecule has 22 heteroatoms. The first-order chi connectivity index (χ1) is 21.9. The van der Waals surface area contributed by atoms with Gasteiger partial charge in [-0.2, -0.15) is 26.3 Å². The van der Waals surface area contributed by atoms with Crippen LogP contribution in [0.4, 0.5) is 39.9 Å². The van der Waals surface area contributed by atoms with Gasteiger partial charge in [-0.25, -0.2) is 37.7 Å². The lowest BCUT2D eigenvalue weighted by Crippen LogP contribution is -2.72. The minimum absolute atomic E-state index is 0.0408. The molecule has 1 aliphatic heterocycles. The van der Waals surface area contributed by atoms with Crippen molar-refractivity contribution in [1.29, 1.82) is 0 Å². The Hall–Kier alpha value is -5.08. The highest BCUT2D eigenvalue weighted by Gasteiger charge is 2.61. The van der Waals surface area contributed by atoms with E-state index < -0.39 is 84.9 Å². The Balaban J connectivity index is 1.49. The highest BCUT2D eigenvalue weighted by Crippen LogP contribution is 2.36. The Morgan fingerprint density at radius 3 is 2.34 bits per heavy atom. The van der Waals surface area contributed by atoms with E-state index in [-0.39, 0.29) is 21.3 Å². The van der Waals surface area contributed by atoms with Gasteiger partial charge in [-0.05, 0) is 36.4 Å². The second kappa shape index (κ2) is 11.9. The molecule has 0 spiro atoms. The van der Waals surface area contributed by atoms with Crippen LogP contribution in [-0.4, -0.2) is 86.8 Å². The first kappa shape index (κ1) is 33.3. The molecule has 0 saturated carbocycles. The minimum atomic E-state index is -5.35. The van der Waals surface area contributed by atoms with Crippen LogP contribution in [0.2, 0.25) is 5.02 Å². The van der Waals surface area contributed by atoms with E-state index in [9.17, 15) is 49.5 Å². The molecule has 1 unspecified atom stereocenters. The molecule has 1 aromatic carbocycles. The van der Waals surface area contributed by atoms with Crippen LogP contribution in [0.1, 0.15) is 11.4 Å². The molecule has 5 rings (SSSR count). The molecule has 2 amide bonds. The predicted molar refractivity (Wildman–Crippen MR) is 142 cm³/mol. The van der Waals surface area contributed by atoms with Crippen molar-refractivity contribution in [3.8, 4) is 17.2 Å². The zero-order chi connectivity index (χ0) is 34.5. The van der Waals surface area contributed by atoms with Crippen LogP contribution in [0.25, 0.3) is 17.2 Å². The molecule has 3 aromatic heterocycles. The molecule has 4 aromatic rings. The SMILES string of the molecule is O=C(NC(Cn1c(-c2ccc(Cl)cc2)nn(Cc2ncn(-c3ncccc3C(F)(F)F)n2)c1=O)C(F)(F)F)[C@H]1N(C(=O)O)CC1(F)F. The van der Waals surface area contributed by atoms with Gasteiger partial charge in [-0.3, -0.25) is 14.3 Å². The molecule has 250 valence electrons. The average molecular weight is 696 g/mol. The van der Waals surface area contributed by atoms with Gasteiger partial charge < -0.3 is 10.4 Å². The smallest absolute Gasteiger partial charge is 0.420 e. The summed E-state index contributed by atoms with van der Waals surface area (Å²) in [4.78, 5) is 44.6. The molecule has 2 atom stereocenters. The largest absolute Gasteiger partial charge is 0.465 e. The predicted octanol–water partition coefficient (Wildman–Crippen LogP) is 3.45. The summed E-state index contributed by atoms with van der Waals surface area (Å²) in [7, 11) is 0. The van der Waals surface area contributed by atoms with Gasteiger partial charge in [0.2, 0.25) is 5.91 Å². The molecule has 0 radical (unpaired) electrons. The Bertz CT molecular complexity index is 1870. The number of rotatable bonds is 8. The quantitative estimate of drug-likeness (QED) is 0.266. The highest BCUT2D eigenvalue weighted by molar-refractivity contribution is 6.30. The monoisotopic (exact) mass is 695 g/mol. The van der Waals surface area contributed by atoms with Crippen molar-refractivity contribution < 1.29 is 49.8 Å². The van der Waals surface area contributed by atoms with Crippen molar-refractivity contribution >= 4 is 23.6 Å². The van der Waals surface area contributed by atoms with E-state index in [1.165, 1.54) is 29.6 Å². The lowest BCUT2D eigenvalue weighted by Gasteiger charge is -2.44. The zero-order valence-corrected chi connectivity index (χ0v) is 23.8. The zero-order valence-electron chi connectivity index (χ0n) is 23.0. The lowest BCUT2D eigenvalue weighted by atomic mass is 9.97. The first-order valence-electron chi connectivity index (χ1n) is 13.0. The summed E-state index contributed by atoms with van der Waals surface area (Å²) < 4.78 is 113. The molecule has 0 bridgehead atoms. The molecule has 4 heterocycles. The average Bonchev–Trinajstić information content (AvgIpc) is 3.55. The molecule has 1 aliphatic rings. The van der Waals surface area contributed by atoms with E-state index >= 15 is 0 Å². The number of carbonyl (C=O) groups is 2. The fourth-order valence-corrected chi connectivity index (χ4v) is 4.75. The summed E-state index contributed by atoms with van der Waals surface area (Å²) in [6.07, 6.45) is -10.2. The van der Waals surface area contributed by atoms with Gasteiger partial charge in [0.15, 0.2) is 23.5 Å². The van der Waals surface area contributed by atoms with Gasteiger partial charge in [0.05, 0.1) is 13.1 Å². The maximum absolute atomic E-state index is 14.2. The summed E-state index contributed by atoms with van der Waals surface area (Å²) in [5.74, 6) is -7.29. The Morgan fingerprint density at radius 1 is 1.06 bits per heavy atom. The summed E-state index contributed by atoms with van der Waals surface area (Å²) in [6, 6.07) is 1.27.